The molecular formula is C20H32N4O3. The lowest BCUT2D eigenvalue weighted by atomic mass is 9.78. The third kappa shape index (κ3) is 3.24. The van der Waals surface area contributed by atoms with Crippen molar-refractivity contribution in [1.82, 2.24) is 19.6 Å². The molecule has 1 atom stereocenters. The van der Waals surface area contributed by atoms with Crippen molar-refractivity contribution in [3.05, 3.63) is 0 Å². The standard InChI is InChI=1S/C20H32N4O3/c1-21-15-17(25)24-13-12-22(14-16(24)18(21)26)19(27)20(8-4-2-5-9-20)23-10-6-3-7-11-23/h16H,2-15H2,1H3. The lowest BCUT2D eigenvalue weighted by molar-refractivity contribution is -0.164. The molecule has 3 heterocycles. The zero-order chi connectivity index (χ0) is 19.0. The van der Waals surface area contributed by atoms with Crippen molar-refractivity contribution < 1.29 is 14.4 Å². The van der Waals surface area contributed by atoms with Gasteiger partial charge in [-0.25, -0.2) is 0 Å². The van der Waals surface area contributed by atoms with Gasteiger partial charge in [-0.15, -0.1) is 0 Å². The fourth-order valence-electron chi connectivity index (χ4n) is 5.52. The molecule has 3 aliphatic heterocycles. The zero-order valence-corrected chi connectivity index (χ0v) is 16.5. The number of piperazine rings is 2. The fraction of sp³-hybridized carbons (Fsp3) is 0.850. The second kappa shape index (κ2) is 7.41. The highest BCUT2D eigenvalue weighted by Crippen LogP contribution is 2.37. The Morgan fingerprint density at radius 3 is 2.30 bits per heavy atom. The third-order valence-corrected chi connectivity index (χ3v) is 7.06. The van der Waals surface area contributed by atoms with Gasteiger partial charge in [0.05, 0.1) is 13.1 Å². The Morgan fingerprint density at radius 2 is 1.59 bits per heavy atom. The predicted octanol–water partition coefficient (Wildman–Crippen LogP) is 0.687. The normalized spacial score (nSPS) is 29.7. The van der Waals surface area contributed by atoms with Crippen molar-refractivity contribution in [2.45, 2.75) is 62.9 Å². The molecule has 3 amide bonds. The van der Waals surface area contributed by atoms with Crippen LogP contribution in [0, 0.1) is 0 Å². The van der Waals surface area contributed by atoms with Gasteiger partial charge in [0.1, 0.15) is 11.6 Å². The summed E-state index contributed by atoms with van der Waals surface area (Å²) in [5, 5.41) is 0. The van der Waals surface area contributed by atoms with E-state index >= 15 is 0 Å². The molecule has 4 rings (SSSR count). The van der Waals surface area contributed by atoms with E-state index in [-0.39, 0.29) is 29.8 Å². The van der Waals surface area contributed by atoms with Gasteiger partial charge in [0.15, 0.2) is 0 Å². The molecule has 0 spiro atoms. The first-order chi connectivity index (χ1) is 13.0. The Bertz CT molecular complexity index is 610. The number of amides is 3. The molecule has 27 heavy (non-hydrogen) atoms. The summed E-state index contributed by atoms with van der Waals surface area (Å²) in [4.78, 5) is 46.2. The van der Waals surface area contributed by atoms with Crippen LogP contribution in [0.15, 0.2) is 0 Å². The van der Waals surface area contributed by atoms with Gasteiger partial charge in [0.2, 0.25) is 17.7 Å². The highest BCUT2D eigenvalue weighted by molar-refractivity contribution is 5.96. The number of nitrogens with zero attached hydrogens (tertiary/aromatic N) is 4. The van der Waals surface area contributed by atoms with Crippen LogP contribution in [0.25, 0.3) is 0 Å². The van der Waals surface area contributed by atoms with Crippen molar-refractivity contribution in [2.24, 2.45) is 0 Å². The van der Waals surface area contributed by atoms with Crippen LogP contribution in [0.2, 0.25) is 0 Å². The molecule has 1 saturated carbocycles. The summed E-state index contributed by atoms with van der Waals surface area (Å²) < 4.78 is 0. The molecule has 0 aromatic carbocycles. The van der Waals surface area contributed by atoms with E-state index in [1.54, 1.807) is 11.9 Å². The number of rotatable bonds is 2. The number of piperidine rings is 1. The molecule has 0 radical (unpaired) electrons. The predicted molar refractivity (Wildman–Crippen MR) is 101 cm³/mol. The van der Waals surface area contributed by atoms with Crippen LogP contribution >= 0.6 is 0 Å². The maximum Gasteiger partial charge on any atom is 0.247 e. The van der Waals surface area contributed by atoms with E-state index < -0.39 is 6.04 Å². The molecule has 1 unspecified atom stereocenters. The lowest BCUT2D eigenvalue weighted by Crippen LogP contribution is -2.70. The molecule has 150 valence electrons. The summed E-state index contributed by atoms with van der Waals surface area (Å²) in [6.45, 7) is 3.55. The minimum absolute atomic E-state index is 0.00221. The van der Waals surface area contributed by atoms with Crippen LogP contribution in [0.4, 0.5) is 0 Å². The van der Waals surface area contributed by atoms with E-state index in [2.05, 4.69) is 4.90 Å². The molecule has 3 saturated heterocycles. The number of likely N-dealkylation sites (tertiary alicyclic amines) is 1. The molecular weight excluding hydrogens is 344 g/mol. The molecule has 7 nitrogen and oxygen atoms in total. The number of fused-ring (bicyclic) bond motifs is 1. The Labute approximate surface area is 161 Å². The number of carbonyl (C=O) groups excluding carboxylic acids is 3. The lowest BCUT2D eigenvalue weighted by Gasteiger charge is -2.51. The van der Waals surface area contributed by atoms with Crippen LogP contribution in [-0.2, 0) is 14.4 Å². The molecule has 0 aromatic rings. The number of hydrogen-bond acceptors (Lipinski definition) is 4. The number of carbonyl (C=O) groups is 3. The van der Waals surface area contributed by atoms with E-state index in [0.29, 0.717) is 19.6 Å². The Balaban J connectivity index is 1.55. The molecule has 4 aliphatic rings. The minimum atomic E-state index is -0.504. The van der Waals surface area contributed by atoms with Gasteiger partial charge >= 0.3 is 0 Å². The molecule has 0 aromatic heterocycles. The maximum absolute atomic E-state index is 13.8. The molecule has 7 heteroatoms. The quantitative estimate of drug-likeness (QED) is 0.711. The van der Waals surface area contributed by atoms with Gasteiger partial charge in [0, 0.05) is 20.1 Å². The minimum Gasteiger partial charge on any atom is -0.337 e. The molecule has 4 fully saturated rings. The Hall–Kier alpha value is -1.63. The highest BCUT2D eigenvalue weighted by atomic mass is 16.2. The molecule has 0 bridgehead atoms. The average molecular weight is 377 g/mol. The van der Waals surface area contributed by atoms with E-state index in [9.17, 15) is 14.4 Å². The van der Waals surface area contributed by atoms with Crippen molar-refractivity contribution in [3.63, 3.8) is 0 Å². The maximum atomic E-state index is 13.8. The topological polar surface area (TPSA) is 64.2 Å². The van der Waals surface area contributed by atoms with Gasteiger partial charge in [-0.1, -0.05) is 25.7 Å². The number of hydrogen-bond donors (Lipinski definition) is 0. The second-order valence-corrected chi connectivity index (χ2v) is 8.69. The van der Waals surface area contributed by atoms with Crippen LogP contribution in [-0.4, -0.2) is 95.2 Å². The first kappa shape index (κ1) is 18.7. The summed E-state index contributed by atoms with van der Waals surface area (Å²) in [5.74, 6) is 0.164. The van der Waals surface area contributed by atoms with Gasteiger partial charge in [0.25, 0.3) is 0 Å². The first-order valence-electron chi connectivity index (χ1n) is 10.6. The second-order valence-electron chi connectivity index (χ2n) is 8.69. The van der Waals surface area contributed by atoms with Crippen molar-refractivity contribution in [2.75, 3.05) is 46.3 Å². The Kier molecular flexibility index (Phi) is 5.14. The summed E-state index contributed by atoms with van der Waals surface area (Å²) in [6.07, 6.45) is 8.87. The largest absolute Gasteiger partial charge is 0.337 e. The van der Waals surface area contributed by atoms with Crippen LogP contribution in [0.3, 0.4) is 0 Å². The van der Waals surface area contributed by atoms with E-state index in [4.69, 9.17) is 0 Å². The van der Waals surface area contributed by atoms with E-state index in [0.717, 1.165) is 38.8 Å². The van der Waals surface area contributed by atoms with Crippen LogP contribution in [0.5, 0.6) is 0 Å². The van der Waals surface area contributed by atoms with Gasteiger partial charge in [-0.3, -0.25) is 19.3 Å². The van der Waals surface area contributed by atoms with Crippen molar-refractivity contribution in [3.8, 4) is 0 Å². The zero-order valence-electron chi connectivity index (χ0n) is 16.5. The summed E-state index contributed by atoms with van der Waals surface area (Å²) in [6, 6.07) is -0.504. The van der Waals surface area contributed by atoms with Crippen molar-refractivity contribution >= 4 is 17.7 Å². The van der Waals surface area contributed by atoms with Gasteiger partial charge < -0.3 is 14.7 Å². The summed E-state index contributed by atoms with van der Waals surface area (Å²) in [7, 11) is 1.68. The van der Waals surface area contributed by atoms with E-state index in [1.165, 1.54) is 30.6 Å². The fourth-order valence-corrected chi connectivity index (χ4v) is 5.52. The SMILES string of the molecule is CN1CC(=O)N2CCN(C(=O)C3(N4CCCCC4)CCCCC3)CC2C1=O. The van der Waals surface area contributed by atoms with Crippen LogP contribution in [0.1, 0.15) is 51.4 Å². The summed E-state index contributed by atoms with van der Waals surface area (Å²) >= 11 is 0. The van der Waals surface area contributed by atoms with Gasteiger partial charge in [-0.2, -0.15) is 0 Å². The van der Waals surface area contributed by atoms with E-state index in [1.807, 2.05) is 4.90 Å². The van der Waals surface area contributed by atoms with Crippen LogP contribution < -0.4 is 0 Å². The Morgan fingerprint density at radius 1 is 0.926 bits per heavy atom. The smallest absolute Gasteiger partial charge is 0.247 e. The third-order valence-electron chi connectivity index (χ3n) is 7.06. The van der Waals surface area contributed by atoms with Crippen molar-refractivity contribution in [1.29, 1.82) is 0 Å². The highest BCUT2D eigenvalue weighted by Gasteiger charge is 2.50. The summed E-state index contributed by atoms with van der Waals surface area (Å²) in [5.41, 5.74) is -0.380. The average Bonchev–Trinajstić information content (AvgIpc) is 2.72. The molecule has 1 aliphatic carbocycles. The van der Waals surface area contributed by atoms with Gasteiger partial charge in [-0.05, 0) is 38.8 Å². The first-order valence-corrected chi connectivity index (χ1v) is 10.6. The molecule has 0 N–H and O–H groups in total. The monoisotopic (exact) mass is 376 g/mol. The number of likely N-dealkylation sites (N-methyl/N-ethyl adjacent to an activating group) is 1.